The molecule has 0 bridgehead atoms. The van der Waals surface area contributed by atoms with Crippen molar-refractivity contribution in [3.8, 4) is 33.6 Å². The summed E-state index contributed by atoms with van der Waals surface area (Å²) in [5.41, 5.74) is 9.67. The van der Waals surface area contributed by atoms with E-state index in [0.717, 1.165) is 66.6 Å². The first-order valence-electron chi connectivity index (χ1n) is 15.9. The van der Waals surface area contributed by atoms with Crippen LogP contribution in [0.2, 0.25) is 0 Å². The Balaban J connectivity index is 1.23. The fourth-order valence-electron chi connectivity index (χ4n) is 7.30. The van der Waals surface area contributed by atoms with Gasteiger partial charge in [-0.2, -0.15) is 0 Å². The number of hydrogen-bond acceptors (Lipinski definition) is 3. The first kappa shape index (κ1) is 26.0. The monoisotopic (exact) mass is 598 g/mol. The second-order valence-electron chi connectivity index (χ2n) is 12.1. The Morgan fingerprint density at radius 3 is 1.85 bits per heavy atom. The zero-order chi connectivity index (χ0) is 30.9. The molecular formula is C44H26N2O. The summed E-state index contributed by atoms with van der Waals surface area (Å²) >= 11 is 0. The molecule has 0 saturated carbocycles. The minimum atomic E-state index is 0.875. The standard InChI is InChI=1S/C44H26N2O/c1-3-12-27(13-4-1)41-42(28-14-5-2-6-15-28)46-43-32(19-11-20-37(43)45-41)30-22-24-31-29(26-30)23-25-36-39(31)33-16-7-8-17-34(33)44-40(36)35-18-9-10-21-38(35)47-44/h1-26H. The van der Waals surface area contributed by atoms with Crippen LogP contribution in [-0.2, 0) is 0 Å². The highest BCUT2D eigenvalue weighted by Crippen LogP contribution is 2.44. The lowest BCUT2D eigenvalue weighted by Crippen LogP contribution is -1.97. The van der Waals surface area contributed by atoms with Crippen molar-refractivity contribution in [1.82, 2.24) is 9.97 Å². The average molecular weight is 599 g/mol. The molecule has 0 saturated heterocycles. The molecule has 3 heteroatoms. The van der Waals surface area contributed by atoms with Gasteiger partial charge in [-0.25, -0.2) is 9.97 Å². The van der Waals surface area contributed by atoms with Gasteiger partial charge >= 0.3 is 0 Å². The predicted molar refractivity (Wildman–Crippen MR) is 196 cm³/mol. The zero-order valence-electron chi connectivity index (χ0n) is 25.3. The number of hydrogen-bond donors (Lipinski definition) is 0. The van der Waals surface area contributed by atoms with Gasteiger partial charge in [0.1, 0.15) is 11.2 Å². The lowest BCUT2D eigenvalue weighted by molar-refractivity contribution is 0.673. The zero-order valence-corrected chi connectivity index (χ0v) is 25.3. The first-order chi connectivity index (χ1) is 23.3. The minimum Gasteiger partial charge on any atom is -0.455 e. The van der Waals surface area contributed by atoms with E-state index in [2.05, 4.69) is 140 Å². The molecule has 0 amide bonds. The molecule has 0 radical (unpaired) electrons. The molecule has 0 N–H and O–H groups in total. The van der Waals surface area contributed by atoms with Crippen molar-refractivity contribution in [2.24, 2.45) is 0 Å². The van der Waals surface area contributed by atoms with Gasteiger partial charge in [0.2, 0.25) is 0 Å². The van der Waals surface area contributed by atoms with Gasteiger partial charge in [0, 0.05) is 32.8 Å². The maximum atomic E-state index is 6.47. The Morgan fingerprint density at radius 1 is 0.404 bits per heavy atom. The van der Waals surface area contributed by atoms with E-state index in [-0.39, 0.29) is 0 Å². The molecule has 0 atom stereocenters. The minimum absolute atomic E-state index is 0.875. The van der Waals surface area contributed by atoms with Crippen molar-refractivity contribution in [1.29, 1.82) is 0 Å². The second kappa shape index (κ2) is 10.1. The Labute approximate surface area is 270 Å². The highest BCUT2D eigenvalue weighted by atomic mass is 16.3. The van der Waals surface area contributed by atoms with E-state index in [0.29, 0.717) is 0 Å². The van der Waals surface area contributed by atoms with Crippen LogP contribution in [0.4, 0.5) is 0 Å². The molecule has 0 unspecified atom stereocenters. The van der Waals surface area contributed by atoms with Gasteiger partial charge in [-0.3, -0.25) is 0 Å². The van der Waals surface area contributed by atoms with Crippen LogP contribution in [0.25, 0.3) is 98.9 Å². The molecule has 10 rings (SSSR count). The lowest BCUT2D eigenvalue weighted by Gasteiger charge is -2.14. The summed E-state index contributed by atoms with van der Waals surface area (Å²) in [5, 5.41) is 9.51. The number of aromatic nitrogens is 2. The maximum absolute atomic E-state index is 6.47. The van der Waals surface area contributed by atoms with Crippen LogP contribution >= 0.6 is 0 Å². The average Bonchev–Trinajstić information content (AvgIpc) is 3.54. The number of fused-ring (bicyclic) bond motifs is 11. The van der Waals surface area contributed by atoms with Crippen molar-refractivity contribution in [2.75, 3.05) is 0 Å². The van der Waals surface area contributed by atoms with E-state index >= 15 is 0 Å². The number of benzene rings is 8. The van der Waals surface area contributed by atoms with Gasteiger partial charge in [-0.05, 0) is 50.7 Å². The van der Waals surface area contributed by atoms with E-state index in [1.54, 1.807) is 0 Å². The van der Waals surface area contributed by atoms with Crippen molar-refractivity contribution in [3.05, 3.63) is 158 Å². The van der Waals surface area contributed by atoms with Crippen LogP contribution in [0.3, 0.4) is 0 Å². The first-order valence-corrected chi connectivity index (χ1v) is 15.9. The molecular weight excluding hydrogens is 572 g/mol. The molecule has 8 aromatic carbocycles. The van der Waals surface area contributed by atoms with Gasteiger partial charge in [0.15, 0.2) is 0 Å². The Bertz CT molecular complexity index is 2840. The van der Waals surface area contributed by atoms with E-state index in [9.17, 15) is 0 Å². The molecule has 0 fully saturated rings. The normalized spacial score (nSPS) is 11.8. The maximum Gasteiger partial charge on any atom is 0.143 e. The largest absolute Gasteiger partial charge is 0.455 e. The van der Waals surface area contributed by atoms with E-state index in [4.69, 9.17) is 14.4 Å². The molecule has 2 heterocycles. The summed E-state index contributed by atoms with van der Waals surface area (Å²) < 4.78 is 6.47. The molecule has 0 spiro atoms. The molecule has 0 aliphatic carbocycles. The number of rotatable bonds is 3. The summed E-state index contributed by atoms with van der Waals surface area (Å²) in [6.07, 6.45) is 0. The fraction of sp³-hybridized carbons (Fsp3) is 0. The lowest BCUT2D eigenvalue weighted by atomic mass is 9.91. The molecule has 2 aromatic heterocycles. The number of furan rings is 1. The molecule has 0 aliphatic heterocycles. The Kier molecular flexibility index (Phi) is 5.57. The van der Waals surface area contributed by atoms with Crippen molar-refractivity contribution in [3.63, 3.8) is 0 Å². The van der Waals surface area contributed by atoms with Gasteiger partial charge < -0.3 is 4.42 Å². The second-order valence-corrected chi connectivity index (χ2v) is 12.1. The quantitative estimate of drug-likeness (QED) is 0.190. The van der Waals surface area contributed by atoms with E-state index in [1.807, 2.05) is 18.2 Å². The van der Waals surface area contributed by atoms with Crippen LogP contribution in [0.5, 0.6) is 0 Å². The fourth-order valence-corrected chi connectivity index (χ4v) is 7.30. The Hall–Kier alpha value is -6.32. The van der Waals surface area contributed by atoms with Crippen LogP contribution in [0, 0.1) is 0 Å². The topological polar surface area (TPSA) is 38.9 Å². The SMILES string of the molecule is c1ccc(-c2nc3cccc(-c4ccc5c(ccc6c5c5ccccc5c5oc7ccccc7c65)c4)c3nc2-c2ccccc2)cc1. The van der Waals surface area contributed by atoms with Gasteiger partial charge in [0.05, 0.1) is 22.4 Å². The Morgan fingerprint density at radius 2 is 1.06 bits per heavy atom. The van der Waals surface area contributed by atoms with Crippen LogP contribution in [0.15, 0.2) is 162 Å². The van der Waals surface area contributed by atoms with Crippen LogP contribution in [-0.4, -0.2) is 9.97 Å². The third kappa shape index (κ3) is 3.93. The van der Waals surface area contributed by atoms with Gasteiger partial charge in [-0.1, -0.05) is 140 Å². The number of nitrogens with zero attached hydrogens (tertiary/aromatic N) is 2. The number of para-hydroxylation sites is 2. The van der Waals surface area contributed by atoms with Gasteiger partial charge in [0.25, 0.3) is 0 Å². The van der Waals surface area contributed by atoms with Crippen molar-refractivity contribution in [2.45, 2.75) is 0 Å². The summed E-state index contributed by atoms with van der Waals surface area (Å²) in [6, 6.07) is 55.3. The van der Waals surface area contributed by atoms with E-state index < -0.39 is 0 Å². The highest BCUT2D eigenvalue weighted by Gasteiger charge is 2.19. The molecule has 3 nitrogen and oxygen atoms in total. The summed E-state index contributed by atoms with van der Waals surface area (Å²) in [4.78, 5) is 10.6. The smallest absolute Gasteiger partial charge is 0.143 e. The third-order valence-electron chi connectivity index (χ3n) is 9.43. The predicted octanol–water partition coefficient (Wildman–Crippen LogP) is 12.0. The summed E-state index contributed by atoms with van der Waals surface area (Å²) in [5.74, 6) is 0. The highest BCUT2D eigenvalue weighted by molar-refractivity contribution is 6.34. The van der Waals surface area contributed by atoms with E-state index in [1.165, 1.54) is 32.3 Å². The van der Waals surface area contributed by atoms with Crippen molar-refractivity contribution < 1.29 is 4.42 Å². The summed E-state index contributed by atoms with van der Waals surface area (Å²) in [6.45, 7) is 0. The van der Waals surface area contributed by atoms with Crippen LogP contribution in [0.1, 0.15) is 0 Å². The molecule has 10 aromatic rings. The van der Waals surface area contributed by atoms with Gasteiger partial charge in [-0.15, -0.1) is 0 Å². The molecule has 218 valence electrons. The third-order valence-corrected chi connectivity index (χ3v) is 9.43. The van der Waals surface area contributed by atoms with Crippen LogP contribution < -0.4 is 0 Å². The summed E-state index contributed by atoms with van der Waals surface area (Å²) in [7, 11) is 0. The molecule has 47 heavy (non-hydrogen) atoms. The van der Waals surface area contributed by atoms with Crippen molar-refractivity contribution >= 4 is 65.3 Å². The molecule has 0 aliphatic rings.